The van der Waals surface area contributed by atoms with E-state index in [9.17, 15) is 4.79 Å². The van der Waals surface area contributed by atoms with E-state index >= 15 is 0 Å². The number of likely N-dealkylation sites (N-methyl/N-ethyl adjacent to an activating group) is 1. The van der Waals surface area contributed by atoms with Gasteiger partial charge in [-0.1, -0.05) is 6.07 Å². The van der Waals surface area contributed by atoms with E-state index in [-0.39, 0.29) is 13.3 Å². The van der Waals surface area contributed by atoms with Crippen LogP contribution in [-0.4, -0.2) is 82.0 Å². The Labute approximate surface area is 200 Å². The number of anilines is 1. The molecule has 1 N–H and O–H groups in total. The van der Waals surface area contributed by atoms with Crippen LogP contribution in [0.1, 0.15) is 36.2 Å². The van der Waals surface area contributed by atoms with Crippen molar-refractivity contribution in [2.24, 2.45) is 0 Å². The average Bonchev–Trinajstić information content (AvgIpc) is 3.36. The summed E-state index contributed by atoms with van der Waals surface area (Å²) in [6, 6.07) is 10.0. The lowest BCUT2D eigenvalue weighted by atomic mass is 9.92. The first-order chi connectivity index (χ1) is 16.7. The number of amides is 1. The number of nitrogens with zero attached hydrogens (tertiary/aromatic N) is 6. The molecule has 4 aromatic rings. The van der Waals surface area contributed by atoms with E-state index in [1.165, 1.54) is 0 Å². The van der Waals surface area contributed by atoms with Crippen molar-refractivity contribution in [3.05, 3.63) is 60.3 Å². The Kier molecular flexibility index (Phi) is 5.37. The van der Waals surface area contributed by atoms with Crippen LogP contribution in [0.4, 0.5) is 5.69 Å². The molecule has 6 rings (SSSR count). The van der Waals surface area contributed by atoms with Crippen molar-refractivity contribution in [2.75, 3.05) is 51.2 Å². The second-order valence-corrected chi connectivity index (χ2v) is 9.46. The van der Waals surface area contributed by atoms with Crippen LogP contribution in [0, 0.1) is 0 Å². The van der Waals surface area contributed by atoms with E-state index < -0.39 is 0 Å². The van der Waals surface area contributed by atoms with Gasteiger partial charge in [-0.05, 0) is 49.5 Å². The number of aromatic amines is 1. The molecule has 0 saturated carbocycles. The molecule has 1 aromatic carbocycles. The maximum absolute atomic E-state index is 13.1. The molecule has 8 heteroatoms. The number of carbonyl (C=O) groups is 1. The summed E-state index contributed by atoms with van der Waals surface area (Å²) in [6.07, 6.45) is 7.29. The number of H-pyrrole nitrogens is 1. The fraction of sp³-hybridized carbons (Fsp3) is 0.385. The maximum Gasteiger partial charge on any atom is 0.253 e. The van der Waals surface area contributed by atoms with E-state index in [1.807, 2.05) is 41.6 Å². The average molecular weight is 458 g/mol. The van der Waals surface area contributed by atoms with E-state index in [0.29, 0.717) is 0 Å². The molecule has 8 nitrogen and oxygen atoms in total. The van der Waals surface area contributed by atoms with Crippen LogP contribution >= 0.6 is 0 Å². The number of rotatable bonds is 3. The molecule has 176 valence electrons. The van der Waals surface area contributed by atoms with Crippen molar-refractivity contribution in [3.63, 3.8) is 0 Å². The van der Waals surface area contributed by atoms with Gasteiger partial charge in [-0.15, -0.1) is 0 Å². The van der Waals surface area contributed by atoms with Gasteiger partial charge in [-0.2, -0.15) is 0 Å². The highest BCUT2D eigenvalue weighted by Crippen LogP contribution is 2.32. The number of piperidine rings is 1. The van der Waals surface area contributed by atoms with E-state index in [0.717, 1.165) is 91.0 Å². The minimum Gasteiger partial charge on any atom is -0.368 e. The minimum absolute atomic E-state index is 0. The van der Waals surface area contributed by atoms with Gasteiger partial charge in [0.25, 0.3) is 5.91 Å². The summed E-state index contributed by atoms with van der Waals surface area (Å²) in [5.74, 6) is 0.375. The summed E-state index contributed by atoms with van der Waals surface area (Å²) in [4.78, 5) is 37.0. The van der Waals surface area contributed by atoms with Crippen LogP contribution in [-0.2, 0) is 0 Å². The molecule has 0 spiro atoms. The number of aromatic nitrogens is 4. The van der Waals surface area contributed by atoms with Crippen molar-refractivity contribution in [3.8, 4) is 0 Å². The van der Waals surface area contributed by atoms with E-state index in [1.54, 1.807) is 6.33 Å². The number of nitrogens with one attached hydrogen (secondary N) is 1. The van der Waals surface area contributed by atoms with Gasteiger partial charge in [0, 0.05) is 63.9 Å². The minimum atomic E-state index is 0. The fourth-order valence-corrected chi connectivity index (χ4v) is 5.21. The smallest absolute Gasteiger partial charge is 0.253 e. The van der Waals surface area contributed by atoms with Gasteiger partial charge in [-0.25, -0.2) is 9.97 Å². The SMILES string of the molecule is CN1CCN(c2cnc3c(C4CCN(C(=O)c5ccc6cc[nH]c6c5)CC4)ncnc3c2)CC1.[HH]. The van der Waals surface area contributed by atoms with Gasteiger partial charge in [0.05, 0.1) is 23.1 Å². The molecule has 1 amide bonds. The second-order valence-electron chi connectivity index (χ2n) is 9.46. The molecule has 0 bridgehead atoms. The number of fused-ring (bicyclic) bond motifs is 2. The highest BCUT2D eigenvalue weighted by molar-refractivity contribution is 5.98. The predicted molar refractivity (Wildman–Crippen MR) is 135 cm³/mol. The largest absolute Gasteiger partial charge is 0.368 e. The van der Waals surface area contributed by atoms with Crippen molar-refractivity contribution in [1.29, 1.82) is 0 Å². The van der Waals surface area contributed by atoms with Crippen molar-refractivity contribution >= 4 is 33.5 Å². The molecule has 0 atom stereocenters. The van der Waals surface area contributed by atoms with Gasteiger partial charge in [0.15, 0.2) is 0 Å². The second kappa shape index (κ2) is 8.68. The third-order valence-electron chi connectivity index (χ3n) is 7.33. The number of pyridine rings is 1. The Morgan fingerprint density at radius 1 is 1.00 bits per heavy atom. The van der Waals surface area contributed by atoms with Crippen LogP contribution in [0.3, 0.4) is 0 Å². The molecule has 5 heterocycles. The zero-order valence-corrected chi connectivity index (χ0v) is 19.4. The number of hydrogen-bond acceptors (Lipinski definition) is 6. The summed E-state index contributed by atoms with van der Waals surface area (Å²) in [7, 11) is 2.16. The molecule has 34 heavy (non-hydrogen) atoms. The first kappa shape index (κ1) is 21.0. The highest BCUT2D eigenvalue weighted by atomic mass is 16.2. The normalized spacial score (nSPS) is 18.1. The molecular formula is C26H31N7O. The molecule has 2 fully saturated rings. The lowest BCUT2D eigenvalue weighted by Crippen LogP contribution is -2.44. The topological polar surface area (TPSA) is 81.2 Å². The van der Waals surface area contributed by atoms with Gasteiger partial charge in [0.2, 0.25) is 0 Å². The van der Waals surface area contributed by atoms with E-state index in [2.05, 4.69) is 37.9 Å². The predicted octanol–water partition coefficient (Wildman–Crippen LogP) is 3.52. The molecule has 0 unspecified atom stereocenters. The summed E-state index contributed by atoms with van der Waals surface area (Å²) >= 11 is 0. The monoisotopic (exact) mass is 457 g/mol. The lowest BCUT2D eigenvalue weighted by Gasteiger charge is -2.34. The van der Waals surface area contributed by atoms with Gasteiger partial charge >= 0.3 is 0 Å². The van der Waals surface area contributed by atoms with Gasteiger partial charge in [0.1, 0.15) is 11.8 Å². The molecule has 0 radical (unpaired) electrons. The van der Waals surface area contributed by atoms with E-state index in [4.69, 9.17) is 4.98 Å². The molecule has 0 aliphatic carbocycles. The quantitative estimate of drug-likeness (QED) is 0.507. The van der Waals surface area contributed by atoms with Gasteiger partial charge in [-0.3, -0.25) is 9.78 Å². The third-order valence-corrected chi connectivity index (χ3v) is 7.33. The Morgan fingerprint density at radius 3 is 2.65 bits per heavy atom. The van der Waals surface area contributed by atoms with Crippen LogP contribution in [0.5, 0.6) is 0 Å². The first-order valence-corrected chi connectivity index (χ1v) is 12.1. The first-order valence-electron chi connectivity index (χ1n) is 12.1. The number of carbonyl (C=O) groups excluding carboxylic acids is 1. The Balaban J connectivity index is 0.00000253. The lowest BCUT2D eigenvalue weighted by molar-refractivity contribution is 0.0712. The molecule has 2 saturated heterocycles. The fourth-order valence-electron chi connectivity index (χ4n) is 5.21. The standard InChI is InChI=1S/C26H29N7O.H2/c1-31-10-12-32(13-11-31)21-15-23-25(28-16-21)24(30-17-29-23)19-5-8-33(9-6-19)26(34)20-3-2-18-4-7-27-22(18)14-20;/h2-4,7,14-17,19,27H,5-6,8-13H2,1H3;1H. The Morgan fingerprint density at radius 2 is 1.82 bits per heavy atom. The van der Waals surface area contributed by atoms with Crippen molar-refractivity contribution < 1.29 is 6.22 Å². The van der Waals surface area contributed by atoms with Crippen LogP contribution in [0.25, 0.3) is 21.9 Å². The zero-order valence-electron chi connectivity index (χ0n) is 19.4. The highest BCUT2D eigenvalue weighted by Gasteiger charge is 2.27. The number of hydrogen-bond donors (Lipinski definition) is 1. The van der Waals surface area contributed by atoms with Crippen molar-refractivity contribution in [1.82, 2.24) is 29.7 Å². The number of piperazine rings is 1. The third kappa shape index (κ3) is 3.88. The van der Waals surface area contributed by atoms with Gasteiger partial charge < -0.3 is 19.7 Å². The Hall–Kier alpha value is -3.52. The van der Waals surface area contributed by atoms with Crippen LogP contribution in [0.2, 0.25) is 0 Å². The molecule has 3 aromatic heterocycles. The summed E-state index contributed by atoms with van der Waals surface area (Å²) in [5, 5.41) is 1.12. The summed E-state index contributed by atoms with van der Waals surface area (Å²) in [6.45, 7) is 5.57. The molecule has 2 aliphatic rings. The number of likely N-dealkylation sites (tertiary alicyclic amines) is 1. The Bertz CT molecular complexity index is 1340. The summed E-state index contributed by atoms with van der Waals surface area (Å²) in [5.41, 5.74) is 5.66. The number of benzene rings is 1. The molecule has 2 aliphatic heterocycles. The maximum atomic E-state index is 13.1. The molecular weight excluding hydrogens is 426 g/mol. The van der Waals surface area contributed by atoms with Crippen LogP contribution < -0.4 is 4.90 Å². The van der Waals surface area contributed by atoms with Crippen LogP contribution in [0.15, 0.2) is 49.1 Å². The summed E-state index contributed by atoms with van der Waals surface area (Å²) < 4.78 is 0. The zero-order chi connectivity index (χ0) is 23.1. The van der Waals surface area contributed by atoms with Crippen molar-refractivity contribution in [2.45, 2.75) is 18.8 Å².